The van der Waals surface area contributed by atoms with E-state index < -0.39 is 15.8 Å². The molecule has 1 aliphatic rings. The molecule has 4 rings (SSSR count). The maximum Gasteiger partial charge on any atom is 0.226 e. The minimum atomic E-state index is -3.53. The number of halogens is 1. The fourth-order valence-electron chi connectivity index (χ4n) is 4.34. The van der Waals surface area contributed by atoms with Gasteiger partial charge in [0.25, 0.3) is 0 Å². The Kier molecular flexibility index (Phi) is 7.75. The molecule has 0 bridgehead atoms. The normalized spacial score (nSPS) is 15.2. The van der Waals surface area contributed by atoms with E-state index in [1.54, 1.807) is 0 Å². The van der Waals surface area contributed by atoms with Crippen molar-refractivity contribution in [3.8, 4) is 0 Å². The summed E-state index contributed by atoms with van der Waals surface area (Å²) < 4.78 is 40.3. The predicted molar refractivity (Wildman–Crippen MR) is 130 cm³/mol. The zero-order valence-electron chi connectivity index (χ0n) is 19.0. The van der Waals surface area contributed by atoms with E-state index in [9.17, 15) is 17.6 Å². The maximum atomic E-state index is 13.5. The van der Waals surface area contributed by atoms with E-state index in [0.717, 1.165) is 11.1 Å². The second-order valence-electron chi connectivity index (χ2n) is 8.72. The number of benzene rings is 3. The molecule has 34 heavy (non-hydrogen) atoms. The van der Waals surface area contributed by atoms with Crippen LogP contribution in [0.25, 0.3) is 0 Å². The van der Waals surface area contributed by atoms with Gasteiger partial charge in [-0.15, -0.1) is 0 Å². The van der Waals surface area contributed by atoms with Gasteiger partial charge < -0.3 is 4.90 Å². The summed E-state index contributed by atoms with van der Waals surface area (Å²) in [4.78, 5) is 15.4. The van der Waals surface area contributed by atoms with Gasteiger partial charge in [0.05, 0.1) is 5.75 Å². The highest BCUT2D eigenvalue weighted by atomic mass is 32.2. The quantitative estimate of drug-likeness (QED) is 0.474. The molecule has 0 atom stereocenters. The van der Waals surface area contributed by atoms with Crippen LogP contribution in [-0.2, 0) is 33.7 Å². The molecule has 0 radical (unpaired) electrons. The third-order valence-electron chi connectivity index (χ3n) is 6.20. The van der Waals surface area contributed by atoms with Crippen molar-refractivity contribution in [2.24, 2.45) is 5.92 Å². The van der Waals surface area contributed by atoms with Gasteiger partial charge in [0.15, 0.2) is 0 Å². The van der Waals surface area contributed by atoms with Crippen LogP contribution in [0.2, 0.25) is 0 Å². The summed E-state index contributed by atoms with van der Waals surface area (Å²) in [7, 11) is -3.53. The highest BCUT2D eigenvalue weighted by Crippen LogP contribution is 2.25. The first-order valence-corrected chi connectivity index (χ1v) is 13.1. The van der Waals surface area contributed by atoms with E-state index in [1.165, 1.54) is 28.6 Å². The van der Waals surface area contributed by atoms with Crippen molar-refractivity contribution in [1.82, 2.24) is 9.21 Å². The summed E-state index contributed by atoms with van der Waals surface area (Å²) in [6, 6.07) is 25.3. The van der Waals surface area contributed by atoms with E-state index >= 15 is 0 Å². The Labute approximate surface area is 200 Å². The first-order valence-electron chi connectivity index (χ1n) is 11.5. The molecular weight excluding hydrogens is 451 g/mol. The fraction of sp³-hybridized carbons (Fsp3) is 0.296. The molecule has 7 heteroatoms. The molecule has 0 saturated carbocycles. The van der Waals surface area contributed by atoms with E-state index in [4.69, 9.17) is 0 Å². The van der Waals surface area contributed by atoms with Crippen LogP contribution in [0.3, 0.4) is 0 Å². The zero-order valence-corrected chi connectivity index (χ0v) is 19.8. The largest absolute Gasteiger partial charge is 0.334 e. The van der Waals surface area contributed by atoms with Crippen molar-refractivity contribution in [2.45, 2.75) is 31.7 Å². The molecule has 0 aromatic heterocycles. The lowest BCUT2D eigenvalue weighted by atomic mass is 9.96. The Morgan fingerprint density at radius 3 is 1.79 bits per heavy atom. The van der Waals surface area contributed by atoms with E-state index in [1.807, 2.05) is 65.6 Å². The van der Waals surface area contributed by atoms with Crippen LogP contribution in [0.5, 0.6) is 0 Å². The summed E-state index contributed by atoms with van der Waals surface area (Å²) in [6.07, 6.45) is 0.975. The maximum absolute atomic E-state index is 13.5. The molecule has 0 spiro atoms. The Hall–Kier alpha value is -3.03. The Balaban J connectivity index is 1.41. The molecule has 1 saturated heterocycles. The number of nitrogens with zero attached hydrogens (tertiary/aromatic N) is 2. The van der Waals surface area contributed by atoms with E-state index in [-0.39, 0.29) is 17.6 Å². The van der Waals surface area contributed by atoms with Gasteiger partial charge in [-0.3, -0.25) is 4.79 Å². The Morgan fingerprint density at radius 2 is 1.29 bits per heavy atom. The van der Waals surface area contributed by atoms with Crippen LogP contribution in [-0.4, -0.2) is 36.6 Å². The van der Waals surface area contributed by atoms with Crippen LogP contribution in [0.4, 0.5) is 4.39 Å². The number of piperidine rings is 1. The number of sulfonamides is 1. The van der Waals surface area contributed by atoms with Crippen molar-refractivity contribution in [2.75, 3.05) is 13.1 Å². The van der Waals surface area contributed by atoms with Crippen molar-refractivity contribution < 1.29 is 17.6 Å². The van der Waals surface area contributed by atoms with E-state index in [2.05, 4.69) is 0 Å². The Morgan fingerprint density at radius 1 is 0.794 bits per heavy atom. The van der Waals surface area contributed by atoms with Crippen LogP contribution >= 0.6 is 0 Å². The predicted octanol–water partition coefficient (Wildman–Crippen LogP) is 4.60. The molecule has 178 valence electrons. The second kappa shape index (κ2) is 10.9. The number of carbonyl (C=O) groups excluding carboxylic acids is 1. The SMILES string of the molecule is O=C(C1CCN(S(=O)(=O)Cc2ccc(F)cc2)CC1)N(Cc1ccccc1)Cc1ccccc1. The Bertz CT molecular complexity index is 1140. The minimum Gasteiger partial charge on any atom is -0.334 e. The summed E-state index contributed by atoms with van der Waals surface area (Å²) in [5.41, 5.74) is 2.67. The van der Waals surface area contributed by atoms with Gasteiger partial charge in [0.1, 0.15) is 5.82 Å². The molecular formula is C27H29FN2O3S. The monoisotopic (exact) mass is 480 g/mol. The van der Waals surface area contributed by atoms with Crippen molar-refractivity contribution in [3.63, 3.8) is 0 Å². The molecule has 1 aliphatic heterocycles. The molecule has 0 N–H and O–H groups in total. The number of hydrogen-bond donors (Lipinski definition) is 0. The second-order valence-corrected chi connectivity index (χ2v) is 10.7. The molecule has 5 nitrogen and oxygen atoms in total. The minimum absolute atomic E-state index is 0.0586. The lowest BCUT2D eigenvalue weighted by Gasteiger charge is -2.34. The van der Waals surface area contributed by atoms with Crippen LogP contribution in [0.15, 0.2) is 84.9 Å². The van der Waals surface area contributed by atoms with Gasteiger partial charge in [-0.1, -0.05) is 72.8 Å². The first kappa shape index (κ1) is 24.1. The van der Waals surface area contributed by atoms with Crippen molar-refractivity contribution in [3.05, 3.63) is 107 Å². The molecule has 3 aromatic carbocycles. The summed E-state index contributed by atoms with van der Waals surface area (Å²) in [5.74, 6) is -0.718. The lowest BCUT2D eigenvalue weighted by molar-refractivity contribution is -0.138. The van der Waals surface area contributed by atoms with Gasteiger partial charge in [-0.25, -0.2) is 17.1 Å². The zero-order chi connectivity index (χ0) is 24.0. The van der Waals surface area contributed by atoms with Crippen molar-refractivity contribution >= 4 is 15.9 Å². The van der Waals surface area contributed by atoms with Crippen LogP contribution < -0.4 is 0 Å². The van der Waals surface area contributed by atoms with Crippen molar-refractivity contribution in [1.29, 1.82) is 0 Å². The van der Waals surface area contributed by atoms with E-state index in [0.29, 0.717) is 44.6 Å². The van der Waals surface area contributed by atoms with Gasteiger partial charge in [-0.05, 0) is 41.7 Å². The molecule has 1 fully saturated rings. The van der Waals surface area contributed by atoms with Gasteiger partial charge in [-0.2, -0.15) is 0 Å². The van der Waals surface area contributed by atoms with Crippen LogP contribution in [0, 0.1) is 11.7 Å². The smallest absolute Gasteiger partial charge is 0.226 e. The first-order chi connectivity index (χ1) is 16.4. The third-order valence-corrected chi connectivity index (χ3v) is 8.05. The number of amides is 1. The summed E-state index contributed by atoms with van der Waals surface area (Å²) >= 11 is 0. The number of rotatable bonds is 8. The summed E-state index contributed by atoms with van der Waals surface area (Å²) in [6.45, 7) is 1.64. The van der Waals surface area contributed by atoms with Crippen LogP contribution in [0.1, 0.15) is 29.5 Å². The topological polar surface area (TPSA) is 57.7 Å². The average molecular weight is 481 g/mol. The highest BCUT2D eigenvalue weighted by molar-refractivity contribution is 7.88. The van der Waals surface area contributed by atoms with Gasteiger partial charge in [0, 0.05) is 32.1 Å². The molecule has 3 aromatic rings. The highest BCUT2D eigenvalue weighted by Gasteiger charge is 2.33. The molecule has 1 amide bonds. The summed E-state index contributed by atoms with van der Waals surface area (Å²) in [5, 5.41) is 0. The van der Waals surface area contributed by atoms with Gasteiger partial charge in [0.2, 0.25) is 15.9 Å². The molecule has 1 heterocycles. The standard InChI is InChI=1S/C27H29FN2O3S/c28-26-13-11-24(12-14-26)21-34(32,33)30-17-15-25(16-18-30)27(31)29(19-22-7-3-1-4-8-22)20-23-9-5-2-6-10-23/h1-14,25H,15-21H2. The average Bonchev–Trinajstić information content (AvgIpc) is 2.86. The molecule has 0 unspecified atom stereocenters. The van der Waals surface area contributed by atoms with Gasteiger partial charge >= 0.3 is 0 Å². The molecule has 0 aliphatic carbocycles. The fourth-order valence-corrected chi connectivity index (χ4v) is 5.90. The number of hydrogen-bond acceptors (Lipinski definition) is 3. The lowest BCUT2D eigenvalue weighted by Crippen LogP contribution is -2.44. The third kappa shape index (κ3) is 6.30. The number of carbonyl (C=O) groups is 1.